The van der Waals surface area contributed by atoms with Crippen molar-refractivity contribution in [1.29, 1.82) is 0 Å². The number of carbonyl (C=O) groups excluding carboxylic acids is 1. The summed E-state index contributed by atoms with van der Waals surface area (Å²) in [5, 5.41) is 7.26. The Bertz CT molecular complexity index is 997. The molecule has 2 aromatic carbocycles. The quantitative estimate of drug-likeness (QED) is 0.752. The smallest absolute Gasteiger partial charge is 0.260 e. The molecule has 1 fully saturated rings. The van der Waals surface area contributed by atoms with Crippen molar-refractivity contribution in [2.75, 3.05) is 37.4 Å². The Balaban J connectivity index is 1.52. The number of likely N-dealkylation sites (tertiary alicyclic amines) is 1. The molecule has 0 unspecified atom stereocenters. The molecule has 4 rings (SSSR count). The highest BCUT2D eigenvalue weighted by atomic mass is 16.5. The van der Waals surface area contributed by atoms with Gasteiger partial charge in [-0.3, -0.25) is 9.79 Å². The number of nitrogens with zero attached hydrogens (tertiary/aromatic N) is 2. The summed E-state index contributed by atoms with van der Waals surface area (Å²) in [5.41, 5.74) is 1.35. The maximum Gasteiger partial charge on any atom is 0.260 e. The van der Waals surface area contributed by atoms with Crippen LogP contribution in [0, 0.1) is 0 Å². The number of fused-ring (bicyclic) bond motifs is 1. The van der Waals surface area contributed by atoms with Gasteiger partial charge in [-0.25, -0.2) is 0 Å². The molecule has 7 nitrogen and oxygen atoms in total. The van der Waals surface area contributed by atoms with Crippen LogP contribution in [-0.2, 0) is 4.79 Å². The number of aliphatic imine (C=N–C) groups is 1. The highest BCUT2D eigenvalue weighted by molar-refractivity contribution is 6.10. The van der Waals surface area contributed by atoms with Gasteiger partial charge >= 0.3 is 0 Å². The standard InChI is InChI=1S/C25H32N4O3/c1-24(2,3)28-23-25(27-21-9-6-5-8-20(21)26-23)14-7-15-29(17-25)22(30)16-32-19-12-10-18(31-4)11-13-19/h5-6,8-13,27H,7,14-17H2,1-4H3,(H,26,28)/t25-/m0/s1. The van der Waals surface area contributed by atoms with E-state index < -0.39 is 5.54 Å². The lowest BCUT2D eigenvalue weighted by molar-refractivity contribution is -0.134. The number of carbonyl (C=O) groups is 1. The molecule has 2 aliphatic heterocycles. The first kappa shape index (κ1) is 22.0. The molecular formula is C25H32N4O3. The van der Waals surface area contributed by atoms with Crippen molar-refractivity contribution in [3.05, 3.63) is 48.5 Å². The van der Waals surface area contributed by atoms with Crippen LogP contribution in [0.2, 0.25) is 0 Å². The number of rotatable bonds is 4. The van der Waals surface area contributed by atoms with Crippen LogP contribution >= 0.6 is 0 Å². The predicted octanol–water partition coefficient (Wildman–Crippen LogP) is 4.17. The van der Waals surface area contributed by atoms with E-state index in [0.717, 1.165) is 35.8 Å². The number of hydrogen-bond donors (Lipinski definition) is 2. The number of anilines is 2. The molecule has 2 aliphatic rings. The van der Waals surface area contributed by atoms with Crippen molar-refractivity contribution in [1.82, 2.24) is 4.90 Å². The largest absolute Gasteiger partial charge is 0.497 e. The Kier molecular flexibility index (Phi) is 6.00. The summed E-state index contributed by atoms with van der Waals surface area (Å²) in [6.45, 7) is 7.50. The lowest BCUT2D eigenvalue weighted by atomic mass is 9.84. The third-order valence-corrected chi connectivity index (χ3v) is 5.72. The summed E-state index contributed by atoms with van der Waals surface area (Å²) in [5.74, 6) is 2.25. The van der Waals surface area contributed by atoms with Gasteiger partial charge in [-0.15, -0.1) is 0 Å². The molecule has 0 aromatic heterocycles. The van der Waals surface area contributed by atoms with E-state index in [4.69, 9.17) is 14.5 Å². The highest BCUT2D eigenvalue weighted by Crippen LogP contribution is 2.37. The van der Waals surface area contributed by atoms with Gasteiger partial charge in [0, 0.05) is 6.54 Å². The molecular weight excluding hydrogens is 404 g/mol. The molecule has 1 saturated heterocycles. The number of nitrogens with one attached hydrogen (secondary N) is 2. The predicted molar refractivity (Wildman–Crippen MR) is 128 cm³/mol. The van der Waals surface area contributed by atoms with Crippen molar-refractivity contribution < 1.29 is 14.3 Å². The Morgan fingerprint density at radius 2 is 1.78 bits per heavy atom. The average molecular weight is 437 g/mol. The van der Waals surface area contributed by atoms with Crippen LogP contribution in [0.25, 0.3) is 0 Å². The fraction of sp³-hybridized carbons (Fsp3) is 0.440. The van der Waals surface area contributed by atoms with E-state index in [2.05, 4.69) is 37.5 Å². The molecule has 1 spiro atoms. The Morgan fingerprint density at radius 1 is 1.09 bits per heavy atom. The van der Waals surface area contributed by atoms with Gasteiger partial charge in [0.25, 0.3) is 5.91 Å². The van der Waals surface area contributed by atoms with E-state index in [1.165, 1.54) is 0 Å². The molecule has 1 amide bonds. The minimum Gasteiger partial charge on any atom is -0.497 e. The maximum atomic E-state index is 13.0. The average Bonchev–Trinajstić information content (AvgIpc) is 2.77. The van der Waals surface area contributed by atoms with Gasteiger partial charge in [-0.2, -0.15) is 0 Å². The zero-order chi connectivity index (χ0) is 22.8. The second-order valence-electron chi connectivity index (χ2n) is 9.39. The Hall–Kier alpha value is -3.22. The van der Waals surface area contributed by atoms with E-state index in [1.807, 2.05) is 35.2 Å². The maximum absolute atomic E-state index is 13.0. The van der Waals surface area contributed by atoms with Gasteiger partial charge in [0.15, 0.2) is 6.61 Å². The van der Waals surface area contributed by atoms with Crippen LogP contribution in [0.1, 0.15) is 33.6 Å². The third kappa shape index (κ3) is 4.82. The van der Waals surface area contributed by atoms with Crippen LogP contribution in [0.3, 0.4) is 0 Å². The summed E-state index contributed by atoms with van der Waals surface area (Å²) in [7, 11) is 1.62. The number of ether oxygens (including phenoxy) is 2. The van der Waals surface area contributed by atoms with Crippen molar-refractivity contribution in [3.8, 4) is 11.5 Å². The number of amidine groups is 1. The van der Waals surface area contributed by atoms with Crippen LogP contribution < -0.4 is 20.1 Å². The summed E-state index contributed by atoms with van der Waals surface area (Å²) < 4.78 is 10.9. The Morgan fingerprint density at radius 3 is 2.47 bits per heavy atom. The molecule has 1 atom stereocenters. The van der Waals surface area contributed by atoms with Crippen molar-refractivity contribution >= 4 is 23.1 Å². The normalized spacial score (nSPS) is 21.5. The first-order chi connectivity index (χ1) is 15.3. The van der Waals surface area contributed by atoms with Gasteiger partial charge in [0.1, 0.15) is 22.9 Å². The van der Waals surface area contributed by atoms with Gasteiger partial charge in [0.2, 0.25) is 0 Å². The molecule has 7 heteroatoms. The number of para-hydroxylation sites is 2. The fourth-order valence-electron chi connectivity index (χ4n) is 4.21. The molecule has 2 heterocycles. The second kappa shape index (κ2) is 8.73. The molecule has 2 N–H and O–H groups in total. The molecule has 0 bridgehead atoms. The van der Waals surface area contributed by atoms with Crippen molar-refractivity contribution in [2.24, 2.45) is 4.99 Å². The topological polar surface area (TPSA) is 75.2 Å². The molecule has 0 saturated carbocycles. The number of piperidine rings is 1. The zero-order valence-corrected chi connectivity index (χ0v) is 19.3. The van der Waals surface area contributed by atoms with Gasteiger partial charge in [0.05, 0.1) is 30.6 Å². The number of benzene rings is 2. The van der Waals surface area contributed by atoms with Gasteiger partial charge in [-0.05, 0) is 70.0 Å². The summed E-state index contributed by atoms with van der Waals surface area (Å²) >= 11 is 0. The first-order valence-electron chi connectivity index (χ1n) is 11.1. The number of methoxy groups -OCH3 is 1. The van der Waals surface area contributed by atoms with E-state index >= 15 is 0 Å². The third-order valence-electron chi connectivity index (χ3n) is 5.72. The minimum absolute atomic E-state index is 0.00181. The number of amides is 1. The lowest BCUT2D eigenvalue weighted by Gasteiger charge is -2.47. The molecule has 0 radical (unpaired) electrons. The minimum atomic E-state index is -0.449. The van der Waals surface area contributed by atoms with Gasteiger partial charge < -0.3 is 25.0 Å². The van der Waals surface area contributed by atoms with Crippen LogP contribution in [0.4, 0.5) is 11.4 Å². The van der Waals surface area contributed by atoms with Crippen LogP contribution in [0.15, 0.2) is 53.5 Å². The van der Waals surface area contributed by atoms with E-state index in [-0.39, 0.29) is 18.1 Å². The van der Waals surface area contributed by atoms with Crippen molar-refractivity contribution in [2.45, 2.75) is 44.7 Å². The zero-order valence-electron chi connectivity index (χ0n) is 19.3. The number of hydrogen-bond acceptors (Lipinski definition) is 5. The van der Waals surface area contributed by atoms with E-state index in [0.29, 0.717) is 18.8 Å². The van der Waals surface area contributed by atoms with E-state index in [9.17, 15) is 4.79 Å². The summed E-state index contributed by atoms with van der Waals surface area (Å²) in [6.07, 6.45) is 1.78. The first-order valence-corrected chi connectivity index (χ1v) is 11.1. The summed E-state index contributed by atoms with van der Waals surface area (Å²) in [4.78, 5) is 19.9. The molecule has 0 aliphatic carbocycles. The van der Waals surface area contributed by atoms with Gasteiger partial charge in [-0.1, -0.05) is 12.1 Å². The molecule has 170 valence electrons. The van der Waals surface area contributed by atoms with E-state index in [1.54, 1.807) is 19.2 Å². The second-order valence-corrected chi connectivity index (χ2v) is 9.39. The SMILES string of the molecule is COc1ccc(OCC(=O)N2CCC[C@@]3(C2)Nc2ccccc2NC3=NC(C)(C)C)cc1. The Labute approximate surface area is 189 Å². The lowest BCUT2D eigenvalue weighted by Crippen LogP contribution is -2.63. The molecule has 2 aromatic rings. The molecule has 32 heavy (non-hydrogen) atoms. The van der Waals surface area contributed by atoms with Crippen molar-refractivity contribution in [3.63, 3.8) is 0 Å². The van der Waals surface area contributed by atoms with Crippen LogP contribution in [0.5, 0.6) is 11.5 Å². The summed E-state index contributed by atoms with van der Waals surface area (Å²) in [6, 6.07) is 15.4. The highest BCUT2D eigenvalue weighted by Gasteiger charge is 2.45. The fourth-order valence-corrected chi connectivity index (χ4v) is 4.21. The monoisotopic (exact) mass is 436 g/mol. The van der Waals surface area contributed by atoms with Crippen LogP contribution in [-0.4, -0.2) is 54.5 Å².